The monoisotopic (exact) mass is 399 g/mol. The van der Waals surface area contributed by atoms with Crippen LogP contribution in [0, 0.1) is 21.3 Å². The molecule has 1 aromatic rings. The summed E-state index contributed by atoms with van der Waals surface area (Å²) >= 11 is 2.27. The van der Waals surface area contributed by atoms with Crippen molar-refractivity contribution in [1.82, 2.24) is 5.32 Å². The molecule has 0 saturated heterocycles. The van der Waals surface area contributed by atoms with Crippen molar-refractivity contribution < 1.29 is 4.79 Å². The SMILES string of the molecule is Cc1cccc(C(=O)NC2CC(C)(C)CC(C)(C)C2)c1I. The van der Waals surface area contributed by atoms with Gasteiger partial charge in [0.1, 0.15) is 0 Å². The Labute approximate surface area is 142 Å². The molecule has 3 heteroatoms. The fourth-order valence-electron chi connectivity index (χ4n) is 4.03. The van der Waals surface area contributed by atoms with Crippen molar-refractivity contribution in [2.45, 2.75) is 59.9 Å². The number of carbonyl (C=O) groups excluding carboxylic acids is 1. The summed E-state index contributed by atoms with van der Waals surface area (Å²) in [5, 5.41) is 3.27. The van der Waals surface area contributed by atoms with Crippen molar-refractivity contribution in [3.8, 4) is 0 Å². The molecule has 1 aliphatic carbocycles. The highest BCUT2D eigenvalue weighted by atomic mass is 127. The van der Waals surface area contributed by atoms with Crippen LogP contribution in [0.4, 0.5) is 0 Å². The molecular weight excluding hydrogens is 373 g/mol. The maximum absolute atomic E-state index is 12.6. The van der Waals surface area contributed by atoms with Crippen molar-refractivity contribution in [2.24, 2.45) is 10.8 Å². The second kappa shape index (κ2) is 5.90. The van der Waals surface area contributed by atoms with Crippen LogP contribution >= 0.6 is 22.6 Å². The Morgan fingerprint density at radius 3 is 2.33 bits per heavy atom. The van der Waals surface area contributed by atoms with Crippen LogP contribution in [0.5, 0.6) is 0 Å². The molecule has 1 aromatic carbocycles. The van der Waals surface area contributed by atoms with Crippen LogP contribution in [0.25, 0.3) is 0 Å². The zero-order chi connectivity index (χ0) is 15.8. The lowest BCUT2D eigenvalue weighted by atomic mass is 9.63. The number of rotatable bonds is 2. The molecule has 0 radical (unpaired) electrons. The minimum absolute atomic E-state index is 0.0709. The summed E-state index contributed by atoms with van der Waals surface area (Å²) in [4.78, 5) is 12.6. The van der Waals surface area contributed by atoms with Gasteiger partial charge in [-0.2, -0.15) is 0 Å². The van der Waals surface area contributed by atoms with Gasteiger partial charge in [-0.15, -0.1) is 0 Å². The van der Waals surface area contributed by atoms with E-state index in [9.17, 15) is 4.79 Å². The van der Waals surface area contributed by atoms with Crippen molar-refractivity contribution in [3.05, 3.63) is 32.9 Å². The average molecular weight is 399 g/mol. The molecule has 0 spiro atoms. The first kappa shape index (κ1) is 16.8. The molecule has 1 fully saturated rings. The Bertz CT molecular complexity index is 532. The van der Waals surface area contributed by atoms with E-state index in [2.05, 4.69) is 55.6 Å². The lowest BCUT2D eigenvalue weighted by Crippen LogP contribution is -2.46. The maximum atomic E-state index is 12.6. The third-order valence-electron chi connectivity index (χ3n) is 4.33. The highest BCUT2D eigenvalue weighted by molar-refractivity contribution is 14.1. The molecule has 0 atom stereocenters. The van der Waals surface area contributed by atoms with Gasteiger partial charge in [-0.3, -0.25) is 4.79 Å². The van der Waals surface area contributed by atoms with Crippen molar-refractivity contribution in [1.29, 1.82) is 0 Å². The average Bonchev–Trinajstić information content (AvgIpc) is 2.28. The van der Waals surface area contributed by atoms with Crippen LogP contribution in [0.1, 0.15) is 62.9 Å². The predicted molar refractivity (Wildman–Crippen MR) is 96.6 cm³/mol. The molecule has 0 bridgehead atoms. The van der Waals surface area contributed by atoms with E-state index < -0.39 is 0 Å². The smallest absolute Gasteiger partial charge is 0.252 e. The van der Waals surface area contributed by atoms with E-state index in [1.807, 2.05) is 25.1 Å². The van der Waals surface area contributed by atoms with Gasteiger partial charge in [-0.1, -0.05) is 39.8 Å². The summed E-state index contributed by atoms with van der Waals surface area (Å²) in [6.07, 6.45) is 3.34. The Kier molecular flexibility index (Phi) is 4.72. The van der Waals surface area contributed by atoms with Crippen LogP contribution in [0.2, 0.25) is 0 Å². The van der Waals surface area contributed by atoms with Crippen LogP contribution in [-0.4, -0.2) is 11.9 Å². The van der Waals surface area contributed by atoms with Crippen molar-refractivity contribution >= 4 is 28.5 Å². The molecule has 116 valence electrons. The number of hydrogen-bond donors (Lipinski definition) is 1. The van der Waals surface area contributed by atoms with E-state index >= 15 is 0 Å². The van der Waals surface area contributed by atoms with Crippen molar-refractivity contribution in [3.63, 3.8) is 0 Å². The van der Waals surface area contributed by atoms with Crippen molar-refractivity contribution in [2.75, 3.05) is 0 Å². The summed E-state index contributed by atoms with van der Waals surface area (Å²) in [6, 6.07) is 6.20. The standard InChI is InChI=1S/C18H26INO/c1-12-7-6-8-14(15(12)19)16(21)20-13-9-17(2,3)11-18(4,5)10-13/h6-8,13H,9-11H2,1-5H3,(H,20,21). The molecule has 1 N–H and O–H groups in total. The van der Waals surface area contributed by atoms with E-state index in [1.54, 1.807) is 0 Å². The number of amides is 1. The zero-order valence-corrected chi connectivity index (χ0v) is 15.9. The van der Waals surface area contributed by atoms with E-state index in [0.29, 0.717) is 10.8 Å². The van der Waals surface area contributed by atoms with E-state index in [0.717, 1.165) is 27.5 Å². The third-order valence-corrected chi connectivity index (χ3v) is 5.76. The van der Waals surface area contributed by atoms with E-state index in [1.165, 1.54) is 6.42 Å². The van der Waals surface area contributed by atoms with E-state index in [4.69, 9.17) is 0 Å². The molecule has 0 unspecified atom stereocenters. The molecule has 1 saturated carbocycles. The normalized spacial score (nSPS) is 21.0. The van der Waals surface area contributed by atoms with E-state index in [-0.39, 0.29) is 11.9 Å². The van der Waals surface area contributed by atoms with Gasteiger partial charge in [0.15, 0.2) is 0 Å². The van der Waals surface area contributed by atoms with Gasteiger partial charge in [0, 0.05) is 9.61 Å². The minimum Gasteiger partial charge on any atom is -0.349 e. The number of aryl methyl sites for hydroxylation is 1. The van der Waals surface area contributed by atoms with Gasteiger partial charge in [-0.05, 0) is 71.2 Å². The van der Waals surface area contributed by atoms with Gasteiger partial charge < -0.3 is 5.32 Å². The number of halogens is 1. The van der Waals surface area contributed by atoms with Crippen LogP contribution in [-0.2, 0) is 0 Å². The quantitative estimate of drug-likeness (QED) is 0.702. The van der Waals surface area contributed by atoms with Gasteiger partial charge in [0.25, 0.3) is 5.91 Å². The second-order valence-corrected chi connectivity index (χ2v) is 9.10. The molecule has 0 aliphatic heterocycles. The van der Waals surface area contributed by atoms with Crippen LogP contribution in [0.3, 0.4) is 0 Å². The minimum atomic E-state index is 0.0709. The highest BCUT2D eigenvalue weighted by Gasteiger charge is 2.39. The summed E-state index contributed by atoms with van der Waals surface area (Å²) in [6.45, 7) is 11.3. The van der Waals surface area contributed by atoms with Gasteiger partial charge in [0.05, 0.1) is 5.56 Å². The van der Waals surface area contributed by atoms with Gasteiger partial charge >= 0.3 is 0 Å². The Morgan fingerprint density at radius 2 is 1.76 bits per heavy atom. The highest BCUT2D eigenvalue weighted by Crippen LogP contribution is 2.45. The summed E-state index contributed by atoms with van der Waals surface area (Å²) in [7, 11) is 0. The van der Waals surface area contributed by atoms with Gasteiger partial charge in [-0.25, -0.2) is 0 Å². The topological polar surface area (TPSA) is 29.1 Å². The number of benzene rings is 1. The first-order chi connectivity index (χ1) is 9.60. The number of nitrogens with one attached hydrogen (secondary N) is 1. The molecule has 1 amide bonds. The first-order valence-electron chi connectivity index (χ1n) is 7.66. The largest absolute Gasteiger partial charge is 0.349 e. The zero-order valence-electron chi connectivity index (χ0n) is 13.7. The fourth-order valence-corrected chi connectivity index (χ4v) is 4.64. The molecule has 2 nitrogen and oxygen atoms in total. The molecule has 21 heavy (non-hydrogen) atoms. The second-order valence-electron chi connectivity index (χ2n) is 8.02. The Hall–Kier alpha value is -0.580. The molecule has 2 rings (SSSR count). The lowest BCUT2D eigenvalue weighted by Gasteiger charge is -2.45. The molecular formula is C18H26INO. The number of carbonyl (C=O) groups is 1. The number of hydrogen-bond acceptors (Lipinski definition) is 1. The molecule has 1 aliphatic rings. The summed E-state index contributed by atoms with van der Waals surface area (Å²) < 4.78 is 1.06. The van der Waals surface area contributed by atoms with Crippen LogP contribution < -0.4 is 5.32 Å². The summed E-state index contributed by atoms with van der Waals surface area (Å²) in [5.41, 5.74) is 2.54. The first-order valence-corrected chi connectivity index (χ1v) is 8.74. The van der Waals surface area contributed by atoms with Crippen LogP contribution in [0.15, 0.2) is 18.2 Å². The Balaban J connectivity index is 2.14. The summed E-state index contributed by atoms with van der Waals surface area (Å²) in [5.74, 6) is 0.0709. The maximum Gasteiger partial charge on any atom is 0.252 e. The van der Waals surface area contributed by atoms with Gasteiger partial charge in [0.2, 0.25) is 0 Å². The predicted octanol–water partition coefficient (Wildman–Crippen LogP) is 4.93. The lowest BCUT2D eigenvalue weighted by molar-refractivity contribution is 0.0713. The molecule has 0 aromatic heterocycles. The third kappa shape index (κ3) is 4.21. The Morgan fingerprint density at radius 1 is 1.19 bits per heavy atom. The molecule has 0 heterocycles. The fraction of sp³-hybridized carbons (Fsp3) is 0.611.